The molecule has 0 radical (unpaired) electrons. The van der Waals surface area contributed by atoms with Crippen LogP contribution in [0.5, 0.6) is 0 Å². The number of hydrogen-bond donors (Lipinski definition) is 2. The van der Waals surface area contributed by atoms with Crippen molar-refractivity contribution in [1.29, 1.82) is 0 Å². The summed E-state index contributed by atoms with van der Waals surface area (Å²) in [6, 6.07) is 3.11. The van der Waals surface area contributed by atoms with E-state index >= 15 is 0 Å². The van der Waals surface area contributed by atoms with E-state index in [0.717, 1.165) is 4.90 Å². The summed E-state index contributed by atoms with van der Waals surface area (Å²) >= 11 is 0. The van der Waals surface area contributed by atoms with Gasteiger partial charge in [0, 0.05) is 31.4 Å². The molecule has 120 valence electrons. The van der Waals surface area contributed by atoms with E-state index in [9.17, 15) is 18.4 Å². The maximum Gasteiger partial charge on any atom is 0.400 e. The van der Waals surface area contributed by atoms with Crippen LogP contribution in [0.4, 0.5) is 14.6 Å². The van der Waals surface area contributed by atoms with Gasteiger partial charge < -0.3 is 20.7 Å². The van der Waals surface area contributed by atoms with Gasteiger partial charge in [0.15, 0.2) is 0 Å². The number of pyridine rings is 1. The molecule has 7 nitrogen and oxygen atoms in total. The number of carbonyl (C=O) groups is 2. The van der Waals surface area contributed by atoms with Crippen LogP contribution < -0.4 is 11.1 Å². The normalized spacial score (nSPS) is 15.5. The lowest BCUT2D eigenvalue weighted by Crippen LogP contribution is -2.55. The Bertz CT molecular complexity index is 562. The number of nitrogens with zero attached hydrogens (tertiary/aromatic N) is 2. The highest BCUT2D eigenvalue weighted by molar-refractivity contribution is 6.06. The highest BCUT2D eigenvalue weighted by atomic mass is 19.3. The summed E-state index contributed by atoms with van der Waals surface area (Å²) in [7, 11) is 0. The first-order valence-corrected chi connectivity index (χ1v) is 6.65. The average Bonchev–Trinajstić information content (AvgIpc) is 2.53. The molecule has 3 N–H and O–H groups in total. The van der Waals surface area contributed by atoms with Crippen molar-refractivity contribution in [2.75, 3.05) is 32.0 Å². The summed E-state index contributed by atoms with van der Waals surface area (Å²) in [5.41, 5.74) is 5.95. The largest absolute Gasteiger partial charge is 0.400 e. The molecule has 1 fully saturated rings. The number of aromatic nitrogens is 1. The number of rotatable bonds is 4. The second kappa shape index (κ2) is 6.65. The molecule has 0 aliphatic carbocycles. The number of alkyl halides is 2. The molecule has 2 rings (SSSR count). The first-order chi connectivity index (χ1) is 10.4. The van der Waals surface area contributed by atoms with Crippen molar-refractivity contribution in [2.24, 2.45) is 0 Å². The zero-order valence-electron chi connectivity index (χ0n) is 11.7. The van der Waals surface area contributed by atoms with Gasteiger partial charge in [-0.15, -0.1) is 0 Å². The lowest BCUT2D eigenvalue weighted by Gasteiger charge is -2.29. The molecule has 9 heteroatoms. The monoisotopic (exact) mass is 314 g/mol. The Balaban J connectivity index is 1.97. The van der Waals surface area contributed by atoms with E-state index in [0.29, 0.717) is 5.56 Å². The average molecular weight is 314 g/mol. The van der Waals surface area contributed by atoms with Crippen LogP contribution in [0.15, 0.2) is 18.3 Å². The number of hydrogen-bond acceptors (Lipinski definition) is 5. The van der Waals surface area contributed by atoms with Gasteiger partial charge in [-0.3, -0.25) is 9.59 Å². The second-order valence-corrected chi connectivity index (χ2v) is 4.71. The first-order valence-electron chi connectivity index (χ1n) is 6.65. The molecular formula is C13H16F2N4O3. The summed E-state index contributed by atoms with van der Waals surface area (Å²) in [5.74, 6) is -7.18. The lowest BCUT2D eigenvalue weighted by molar-refractivity contribution is -0.170. The van der Waals surface area contributed by atoms with Crippen molar-refractivity contribution < 1.29 is 23.1 Å². The maximum atomic E-state index is 13.9. The molecule has 0 unspecified atom stereocenters. The number of nitrogens with one attached hydrogen (secondary N) is 1. The standard InChI is InChI=1S/C13H16F2N4O3/c14-13(15,12(21)19-4-6-22-7-5-19)11(20)18-8-9-2-1-3-17-10(9)16/h1-3H,4-8H2,(H2,16,17)(H,18,20). The predicted octanol–water partition coefficient (Wildman–Crippen LogP) is -0.226. The maximum absolute atomic E-state index is 13.9. The summed E-state index contributed by atoms with van der Waals surface area (Å²) in [4.78, 5) is 28.1. The third-order valence-electron chi connectivity index (χ3n) is 3.22. The summed E-state index contributed by atoms with van der Waals surface area (Å²) in [6.07, 6.45) is 1.44. The van der Waals surface area contributed by atoms with Crippen molar-refractivity contribution in [3.8, 4) is 0 Å². The third-order valence-corrected chi connectivity index (χ3v) is 3.22. The minimum absolute atomic E-state index is 0.0389. The number of carbonyl (C=O) groups excluding carboxylic acids is 2. The molecule has 1 aromatic rings. The van der Waals surface area contributed by atoms with Crippen molar-refractivity contribution in [1.82, 2.24) is 15.2 Å². The molecule has 22 heavy (non-hydrogen) atoms. The molecule has 2 amide bonds. The Kier molecular flexibility index (Phi) is 4.86. The van der Waals surface area contributed by atoms with Crippen LogP contribution in [0.3, 0.4) is 0 Å². The number of amides is 2. The van der Waals surface area contributed by atoms with Gasteiger partial charge in [-0.25, -0.2) is 4.98 Å². The van der Waals surface area contributed by atoms with Crippen molar-refractivity contribution in [3.63, 3.8) is 0 Å². The fourth-order valence-corrected chi connectivity index (χ4v) is 1.95. The smallest absolute Gasteiger partial charge is 0.383 e. The van der Waals surface area contributed by atoms with Crippen LogP contribution in [0.2, 0.25) is 0 Å². The Morgan fingerprint density at radius 2 is 2.09 bits per heavy atom. The highest BCUT2D eigenvalue weighted by Gasteiger charge is 2.49. The van der Waals surface area contributed by atoms with Gasteiger partial charge in [-0.1, -0.05) is 6.07 Å². The SMILES string of the molecule is Nc1ncccc1CNC(=O)C(F)(F)C(=O)N1CCOCC1. The number of morpholine rings is 1. The zero-order chi connectivity index (χ0) is 16.2. The minimum Gasteiger partial charge on any atom is -0.383 e. The van der Waals surface area contributed by atoms with E-state index in [2.05, 4.69) is 4.98 Å². The fraction of sp³-hybridized carbons (Fsp3) is 0.462. The van der Waals surface area contributed by atoms with E-state index in [1.165, 1.54) is 6.20 Å². The van der Waals surface area contributed by atoms with Gasteiger partial charge in [-0.2, -0.15) is 8.78 Å². The van der Waals surface area contributed by atoms with Gasteiger partial charge in [0.05, 0.1) is 13.2 Å². The summed E-state index contributed by atoms with van der Waals surface area (Å²) in [6.45, 7) is 0.199. The van der Waals surface area contributed by atoms with Crippen LogP contribution in [0.25, 0.3) is 0 Å². The topological polar surface area (TPSA) is 97.5 Å². The quantitative estimate of drug-likeness (QED) is 0.749. The molecule has 0 aromatic carbocycles. The number of anilines is 1. The van der Waals surface area contributed by atoms with Crippen molar-refractivity contribution in [2.45, 2.75) is 12.5 Å². The Labute approximate surface area is 125 Å². The fourth-order valence-electron chi connectivity index (χ4n) is 1.95. The number of nitrogens with two attached hydrogens (primary N) is 1. The number of ether oxygens (including phenoxy) is 1. The van der Waals surface area contributed by atoms with Crippen molar-refractivity contribution in [3.05, 3.63) is 23.9 Å². The highest BCUT2D eigenvalue weighted by Crippen LogP contribution is 2.19. The summed E-state index contributed by atoms with van der Waals surface area (Å²) in [5, 5.41) is 2.01. The van der Waals surface area contributed by atoms with Crippen LogP contribution >= 0.6 is 0 Å². The van der Waals surface area contributed by atoms with Gasteiger partial charge in [0.1, 0.15) is 5.82 Å². The summed E-state index contributed by atoms with van der Waals surface area (Å²) < 4.78 is 32.8. The molecule has 0 spiro atoms. The molecule has 0 bridgehead atoms. The second-order valence-electron chi connectivity index (χ2n) is 4.71. The molecule has 1 aliphatic heterocycles. The number of nitrogen functional groups attached to an aromatic ring is 1. The zero-order valence-corrected chi connectivity index (χ0v) is 11.7. The van der Waals surface area contributed by atoms with Gasteiger partial charge in [0.2, 0.25) is 0 Å². The molecule has 1 aromatic heterocycles. The Hall–Kier alpha value is -2.29. The molecule has 2 heterocycles. The first kappa shape index (κ1) is 16.1. The van der Waals surface area contributed by atoms with Crippen LogP contribution in [0, 0.1) is 0 Å². The minimum atomic E-state index is -4.13. The van der Waals surface area contributed by atoms with Crippen LogP contribution in [-0.2, 0) is 20.9 Å². The number of halogens is 2. The van der Waals surface area contributed by atoms with E-state index in [-0.39, 0.29) is 38.7 Å². The van der Waals surface area contributed by atoms with Crippen LogP contribution in [-0.4, -0.2) is 53.9 Å². The lowest BCUT2D eigenvalue weighted by atomic mass is 10.2. The van der Waals surface area contributed by atoms with Gasteiger partial charge >= 0.3 is 17.7 Å². The van der Waals surface area contributed by atoms with E-state index in [1.807, 2.05) is 5.32 Å². The molecule has 0 saturated carbocycles. The van der Waals surface area contributed by atoms with E-state index < -0.39 is 17.7 Å². The Morgan fingerprint density at radius 3 is 2.73 bits per heavy atom. The third kappa shape index (κ3) is 3.48. The van der Waals surface area contributed by atoms with Crippen molar-refractivity contribution >= 4 is 17.6 Å². The molecule has 0 atom stereocenters. The van der Waals surface area contributed by atoms with E-state index in [1.54, 1.807) is 12.1 Å². The van der Waals surface area contributed by atoms with Gasteiger partial charge in [-0.05, 0) is 6.07 Å². The van der Waals surface area contributed by atoms with E-state index in [4.69, 9.17) is 10.5 Å². The molecular weight excluding hydrogens is 298 g/mol. The van der Waals surface area contributed by atoms with Gasteiger partial charge in [0.25, 0.3) is 0 Å². The molecule has 1 aliphatic rings. The molecule has 1 saturated heterocycles. The Morgan fingerprint density at radius 1 is 1.41 bits per heavy atom. The predicted molar refractivity (Wildman–Crippen MR) is 72.8 cm³/mol. The van der Waals surface area contributed by atoms with Crippen LogP contribution in [0.1, 0.15) is 5.56 Å².